The summed E-state index contributed by atoms with van der Waals surface area (Å²) in [5.74, 6) is -0.769. The molecule has 1 fully saturated rings. The Balaban J connectivity index is 1.34. The molecule has 5 aromatic rings. The van der Waals surface area contributed by atoms with Gasteiger partial charge in [0.25, 0.3) is 11.8 Å². The Labute approximate surface area is 224 Å². The van der Waals surface area contributed by atoms with E-state index in [9.17, 15) is 14.0 Å². The van der Waals surface area contributed by atoms with Crippen LogP contribution in [0.4, 0.5) is 10.1 Å². The minimum Gasteiger partial charge on any atom is -0.460 e. The maximum atomic E-state index is 13.4. The summed E-state index contributed by atoms with van der Waals surface area (Å²) in [5.41, 5.74) is 16.7. The lowest BCUT2D eigenvalue weighted by molar-refractivity contribution is 0.0929. The molecule has 6 nitrogen and oxygen atoms in total. The molecule has 0 bridgehead atoms. The number of nitrogen functional groups attached to an aromatic ring is 1. The number of hydrogen-bond donors (Lipinski definition) is 3. The van der Waals surface area contributed by atoms with Crippen LogP contribution in [-0.2, 0) is 12.0 Å². The van der Waals surface area contributed by atoms with Crippen molar-refractivity contribution >= 4 is 28.5 Å². The molecule has 1 aliphatic rings. The number of benzene rings is 4. The second-order valence-electron chi connectivity index (χ2n) is 9.99. The highest BCUT2D eigenvalue weighted by Crippen LogP contribution is 2.45. The number of nitrogens with two attached hydrogens (primary N) is 2. The molecule has 7 heteroatoms. The van der Waals surface area contributed by atoms with Gasteiger partial charge in [-0.2, -0.15) is 0 Å². The Morgan fingerprint density at radius 2 is 1.67 bits per heavy atom. The van der Waals surface area contributed by atoms with Crippen LogP contribution in [-0.4, -0.2) is 11.8 Å². The highest BCUT2D eigenvalue weighted by atomic mass is 19.1. The van der Waals surface area contributed by atoms with Crippen LogP contribution >= 0.6 is 0 Å². The van der Waals surface area contributed by atoms with Gasteiger partial charge in [0.15, 0.2) is 0 Å². The Kier molecular flexibility index (Phi) is 5.91. The van der Waals surface area contributed by atoms with E-state index in [1.807, 2.05) is 36.4 Å². The maximum Gasteiger partial charge on any atom is 0.252 e. The van der Waals surface area contributed by atoms with E-state index in [-0.39, 0.29) is 29.2 Å². The molecule has 0 saturated heterocycles. The monoisotopic (exact) mass is 519 g/mol. The third-order valence-corrected chi connectivity index (χ3v) is 7.32. The number of rotatable bonds is 7. The zero-order valence-corrected chi connectivity index (χ0v) is 21.0. The number of fused-ring (bicyclic) bond motifs is 1. The van der Waals surface area contributed by atoms with Crippen LogP contribution in [0.1, 0.15) is 50.4 Å². The molecule has 1 saturated carbocycles. The molecule has 0 spiro atoms. The van der Waals surface area contributed by atoms with Crippen molar-refractivity contribution in [3.05, 3.63) is 125 Å². The summed E-state index contributed by atoms with van der Waals surface area (Å²) in [6.07, 6.45) is 2.05. The number of carbonyl (C=O) groups is 2. The highest BCUT2D eigenvalue weighted by Gasteiger charge is 2.45. The molecule has 194 valence electrons. The van der Waals surface area contributed by atoms with E-state index in [0.717, 1.165) is 29.5 Å². The molecule has 0 unspecified atom stereocenters. The first-order valence-corrected chi connectivity index (χ1v) is 12.7. The summed E-state index contributed by atoms with van der Waals surface area (Å²) in [7, 11) is 0. The zero-order valence-electron chi connectivity index (χ0n) is 21.0. The summed E-state index contributed by atoms with van der Waals surface area (Å²) in [5, 5.41) is 3.73. The van der Waals surface area contributed by atoms with Crippen molar-refractivity contribution in [2.75, 3.05) is 5.73 Å². The van der Waals surface area contributed by atoms with Crippen LogP contribution in [0.3, 0.4) is 0 Å². The van der Waals surface area contributed by atoms with Gasteiger partial charge in [0, 0.05) is 34.7 Å². The molecular formula is C32H26FN3O3. The van der Waals surface area contributed by atoms with Crippen LogP contribution in [0.5, 0.6) is 0 Å². The lowest BCUT2D eigenvalue weighted by atomic mass is 9.97. The molecule has 5 N–H and O–H groups in total. The molecular weight excluding hydrogens is 493 g/mol. The Morgan fingerprint density at radius 3 is 2.36 bits per heavy atom. The molecule has 1 aliphatic carbocycles. The normalized spacial score (nSPS) is 13.8. The van der Waals surface area contributed by atoms with E-state index >= 15 is 0 Å². The number of halogens is 1. The minimum atomic E-state index is -0.634. The molecule has 2 amide bonds. The summed E-state index contributed by atoms with van der Waals surface area (Å²) >= 11 is 0. The Morgan fingerprint density at radius 1 is 0.923 bits per heavy atom. The van der Waals surface area contributed by atoms with Gasteiger partial charge in [0.05, 0.1) is 11.1 Å². The largest absolute Gasteiger partial charge is 0.460 e. The van der Waals surface area contributed by atoms with Crippen molar-refractivity contribution in [3.8, 4) is 11.1 Å². The number of anilines is 1. The third-order valence-electron chi connectivity index (χ3n) is 7.32. The molecule has 4 aromatic carbocycles. The van der Waals surface area contributed by atoms with Crippen molar-refractivity contribution in [1.29, 1.82) is 0 Å². The second kappa shape index (κ2) is 9.44. The smallest absolute Gasteiger partial charge is 0.252 e. The van der Waals surface area contributed by atoms with Gasteiger partial charge in [-0.05, 0) is 59.9 Å². The fourth-order valence-corrected chi connectivity index (χ4v) is 5.13. The van der Waals surface area contributed by atoms with Crippen molar-refractivity contribution in [2.45, 2.75) is 24.8 Å². The predicted molar refractivity (Wildman–Crippen MR) is 149 cm³/mol. The summed E-state index contributed by atoms with van der Waals surface area (Å²) in [4.78, 5) is 25.7. The van der Waals surface area contributed by atoms with Crippen LogP contribution in [0.15, 0.2) is 95.4 Å². The zero-order chi connectivity index (χ0) is 27.1. The summed E-state index contributed by atoms with van der Waals surface area (Å²) < 4.78 is 19.3. The minimum absolute atomic E-state index is 0.166. The number of amides is 2. The van der Waals surface area contributed by atoms with Gasteiger partial charge in [-0.1, -0.05) is 54.6 Å². The summed E-state index contributed by atoms with van der Waals surface area (Å²) in [6, 6.07) is 26.6. The van der Waals surface area contributed by atoms with Crippen molar-refractivity contribution in [1.82, 2.24) is 5.32 Å². The van der Waals surface area contributed by atoms with Crippen molar-refractivity contribution < 1.29 is 18.4 Å². The SMILES string of the molecule is NC(=O)c1c(Cc2ccc(F)cc2)oc2cc(N)c(-c3cccc(C(=O)NC4(c5ccccc5)CC4)c3)cc12. The van der Waals surface area contributed by atoms with Gasteiger partial charge in [0.1, 0.15) is 17.2 Å². The quantitative estimate of drug-likeness (QED) is 0.231. The van der Waals surface area contributed by atoms with Crippen LogP contribution in [0.2, 0.25) is 0 Å². The number of nitrogens with one attached hydrogen (secondary N) is 1. The van der Waals surface area contributed by atoms with E-state index < -0.39 is 5.91 Å². The van der Waals surface area contributed by atoms with Gasteiger partial charge < -0.3 is 21.2 Å². The van der Waals surface area contributed by atoms with Crippen molar-refractivity contribution in [3.63, 3.8) is 0 Å². The fourth-order valence-electron chi connectivity index (χ4n) is 5.13. The Bertz CT molecular complexity index is 1720. The second-order valence-corrected chi connectivity index (χ2v) is 9.99. The molecule has 0 atom stereocenters. The maximum absolute atomic E-state index is 13.4. The van der Waals surface area contributed by atoms with Gasteiger partial charge in [-0.3, -0.25) is 9.59 Å². The van der Waals surface area contributed by atoms with E-state index in [2.05, 4.69) is 5.32 Å². The summed E-state index contributed by atoms with van der Waals surface area (Å²) in [6.45, 7) is 0. The topological polar surface area (TPSA) is 111 Å². The van der Waals surface area contributed by atoms with Crippen molar-refractivity contribution in [2.24, 2.45) is 5.73 Å². The van der Waals surface area contributed by atoms with Gasteiger partial charge in [0.2, 0.25) is 0 Å². The predicted octanol–water partition coefficient (Wildman–Crippen LogP) is 5.93. The van der Waals surface area contributed by atoms with E-state index in [1.165, 1.54) is 12.1 Å². The standard InChI is InChI=1S/C32H26FN3O3/c33-23-11-9-19(10-12-23)15-28-29(30(35)37)25-17-24(26(34)18-27(25)39-28)20-5-4-6-21(16-20)31(38)36-32(13-14-32)22-7-2-1-3-8-22/h1-12,16-18H,13-15,34H2,(H2,35,37)(H,36,38). The molecule has 0 aliphatic heterocycles. The molecule has 39 heavy (non-hydrogen) atoms. The Hall–Kier alpha value is -4.91. The molecule has 0 radical (unpaired) electrons. The van der Waals surface area contributed by atoms with E-state index in [4.69, 9.17) is 15.9 Å². The first-order chi connectivity index (χ1) is 18.8. The molecule has 1 aromatic heterocycles. The third kappa shape index (κ3) is 4.63. The van der Waals surface area contributed by atoms with Gasteiger partial charge >= 0.3 is 0 Å². The lowest BCUT2D eigenvalue weighted by Gasteiger charge is -2.18. The first-order valence-electron chi connectivity index (χ1n) is 12.7. The number of furan rings is 1. The first kappa shape index (κ1) is 24.4. The molecule has 1 heterocycles. The lowest BCUT2D eigenvalue weighted by Crippen LogP contribution is -2.34. The number of primary amides is 1. The van der Waals surface area contributed by atoms with Gasteiger partial charge in [-0.25, -0.2) is 4.39 Å². The number of carbonyl (C=O) groups excluding carboxylic acids is 2. The van der Waals surface area contributed by atoms with Crippen LogP contribution in [0, 0.1) is 5.82 Å². The highest BCUT2D eigenvalue weighted by molar-refractivity contribution is 6.09. The molecule has 6 rings (SSSR count). The van der Waals surface area contributed by atoms with E-state index in [0.29, 0.717) is 33.5 Å². The fraction of sp³-hybridized carbons (Fsp3) is 0.125. The van der Waals surface area contributed by atoms with Gasteiger partial charge in [-0.15, -0.1) is 0 Å². The average Bonchev–Trinajstić information content (AvgIpc) is 3.63. The van der Waals surface area contributed by atoms with Crippen LogP contribution < -0.4 is 16.8 Å². The number of hydrogen-bond acceptors (Lipinski definition) is 4. The average molecular weight is 520 g/mol. The van der Waals surface area contributed by atoms with Crippen LogP contribution in [0.25, 0.3) is 22.1 Å². The van der Waals surface area contributed by atoms with E-state index in [1.54, 1.807) is 42.5 Å².